The molecule has 1 aliphatic carbocycles. The Hall–Kier alpha value is -1.32. The van der Waals surface area contributed by atoms with E-state index >= 15 is 0 Å². The first-order valence-corrected chi connectivity index (χ1v) is 4.52. The molecule has 0 fully saturated rings. The van der Waals surface area contributed by atoms with Crippen molar-refractivity contribution in [1.82, 2.24) is 5.43 Å². The summed E-state index contributed by atoms with van der Waals surface area (Å²) in [5, 5.41) is 3.86. The topological polar surface area (TPSA) is 67.5 Å². The summed E-state index contributed by atoms with van der Waals surface area (Å²) in [7, 11) is 0. The van der Waals surface area contributed by atoms with E-state index in [1.807, 2.05) is 6.08 Å². The highest BCUT2D eigenvalue weighted by Crippen LogP contribution is 2.18. The van der Waals surface area contributed by atoms with Gasteiger partial charge in [-0.1, -0.05) is 13.0 Å². The number of carbonyl (C=O) groups excluding carboxylic acids is 1. The van der Waals surface area contributed by atoms with Crippen molar-refractivity contribution in [1.29, 1.82) is 0 Å². The molecule has 72 valence electrons. The lowest BCUT2D eigenvalue weighted by Gasteiger charge is -2.14. The lowest BCUT2D eigenvalue weighted by Crippen LogP contribution is -2.26. The van der Waals surface area contributed by atoms with Gasteiger partial charge in [-0.15, -0.1) is 0 Å². The fraction of sp³-hybridized carbons (Fsp3) is 0.556. The van der Waals surface area contributed by atoms with Crippen LogP contribution in [0.3, 0.4) is 0 Å². The molecule has 0 aromatic carbocycles. The summed E-state index contributed by atoms with van der Waals surface area (Å²) >= 11 is 0. The minimum atomic E-state index is -0.612. The standard InChI is InChI=1S/C9H15N3O/c1-2-7-3-5-8(6-4-7)11-12-9(10)13/h3,5,7H,2,4,6H2,1H3,(H3,10,12,13)/b11-8+. The van der Waals surface area contributed by atoms with Crippen molar-refractivity contribution >= 4 is 11.7 Å². The molecule has 0 bridgehead atoms. The van der Waals surface area contributed by atoms with Crippen LogP contribution in [0.1, 0.15) is 26.2 Å². The quantitative estimate of drug-likeness (QED) is 0.621. The molecule has 0 aliphatic heterocycles. The van der Waals surface area contributed by atoms with E-state index < -0.39 is 6.03 Å². The number of hydrazone groups is 1. The Morgan fingerprint density at radius 1 is 1.85 bits per heavy atom. The van der Waals surface area contributed by atoms with Crippen molar-refractivity contribution in [3.05, 3.63) is 12.2 Å². The maximum Gasteiger partial charge on any atom is 0.332 e. The smallest absolute Gasteiger partial charge is 0.332 e. The van der Waals surface area contributed by atoms with Gasteiger partial charge in [-0.05, 0) is 31.3 Å². The molecule has 0 saturated carbocycles. The van der Waals surface area contributed by atoms with Gasteiger partial charge < -0.3 is 5.73 Å². The lowest BCUT2D eigenvalue weighted by atomic mass is 9.93. The van der Waals surface area contributed by atoms with E-state index in [1.165, 1.54) is 0 Å². The molecule has 0 saturated heterocycles. The van der Waals surface area contributed by atoms with Crippen LogP contribution in [0.5, 0.6) is 0 Å². The van der Waals surface area contributed by atoms with Gasteiger partial charge in [-0.2, -0.15) is 5.10 Å². The number of primary amides is 1. The minimum Gasteiger partial charge on any atom is -0.350 e. The van der Waals surface area contributed by atoms with Crippen LogP contribution in [0.4, 0.5) is 4.79 Å². The molecule has 3 N–H and O–H groups in total. The van der Waals surface area contributed by atoms with Crippen molar-refractivity contribution < 1.29 is 4.79 Å². The normalized spacial score (nSPS) is 24.7. The Kier molecular flexibility index (Phi) is 3.49. The van der Waals surface area contributed by atoms with Crippen LogP contribution >= 0.6 is 0 Å². The van der Waals surface area contributed by atoms with Gasteiger partial charge in [0.25, 0.3) is 0 Å². The molecule has 0 aromatic heterocycles. The first kappa shape index (κ1) is 9.77. The van der Waals surface area contributed by atoms with Gasteiger partial charge in [0.1, 0.15) is 0 Å². The van der Waals surface area contributed by atoms with E-state index in [9.17, 15) is 4.79 Å². The lowest BCUT2D eigenvalue weighted by molar-refractivity contribution is 0.249. The molecule has 1 unspecified atom stereocenters. The zero-order valence-corrected chi connectivity index (χ0v) is 7.79. The molecule has 0 heterocycles. The predicted octanol–water partition coefficient (Wildman–Crippen LogP) is 1.39. The molecule has 13 heavy (non-hydrogen) atoms. The number of allylic oxidation sites excluding steroid dienone is 2. The summed E-state index contributed by atoms with van der Waals surface area (Å²) < 4.78 is 0. The van der Waals surface area contributed by atoms with E-state index in [2.05, 4.69) is 23.5 Å². The summed E-state index contributed by atoms with van der Waals surface area (Å²) in [5.41, 5.74) is 8.00. The molecule has 2 amide bonds. The first-order chi connectivity index (χ1) is 6.22. The Labute approximate surface area is 77.9 Å². The SMILES string of the molecule is CCC1C=C/C(=N\NC(N)=O)CC1. The highest BCUT2D eigenvalue weighted by atomic mass is 16.2. The van der Waals surface area contributed by atoms with Gasteiger partial charge in [-0.25, -0.2) is 10.2 Å². The van der Waals surface area contributed by atoms with Gasteiger partial charge in [-0.3, -0.25) is 0 Å². The van der Waals surface area contributed by atoms with Crippen LogP contribution in [-0.4, -0.2) is 11.7 Å². The van der Waals surface area contributed by atoms with Gasteiger partial charge in [0.05, 0.1) is 5.71 Å². The van der Waals surface area contributed by atoms with Gasteiger partial charge >= 0.3 is 6.03 Å². The molecule has 1 rings (SSSR count). The van der Waals surface area contributed by atoms with Crippen LogP contribution in [0.2, 0.25) is 0 Å². The van der Waals surface area contributed by atoms with Crippen molar-refractivity contribution in [2.75, 3.05) is 0 Å². The van der Waals surface area contributed by atoms with Crippen molar-refractivity contribution in [2.45, 2.75) is 26.2 Å². The second-order valence-electron chi connectivity index (χ2n) is 3.15. The molecule has 4 nitrogen and oxygen atoms in total. The summed E-state index contributed by atoms with van der Waals surface area (Å²) in [6.07, 6.45) is 7.26. The average molecular weight is 181 g/mol. The molecule has 1 aliphatic rings. The van der Waals surface area contributed by atoms with Crippen molar-refractivity contribution in [3.63, 3.8) is 0 Å². The van der Waals surface area contributed by atoms with Crippen LogP contribution < -0.4 is 11.2 Å². The third-order valence-corrected chi connectivity index (χ3v) is 2.17. The number of nitrogens with one attached hydrogen (secondary N) is 1. The van der Waals surface area contributed by atoms with Crippen LogP contribution in [-0.2, 0) is 0 Å². The highest BCUT2D eigenvalue weighted by molar-refractivity contribution is 5.96. The number of carbonyl (C=O) groups is 1. The van der Waals surface area contributed by atoms with Gasteiger partial charge in [0.2, 0.25) is 0 Å². The summed E-state index contributed by atoms with van der Waals surface area (Å²) in [6, 6.07) is -0.612. The Bertz CT molecular complexity index is 245. The average Bonchev–Trinajstić information content (AvgIpc) is 2.15. The fourth-order valence-electron chi connectivity index (χ4n) is 1.32. The second kappa shape index (κ2) is 4.64. The van der Waals surface area contributed by atoms with Gasteiger partial charge in [0, 0.05) is 0 Å². The summed E-state index contributed by atoms with van der Waals surface area (Å²) in [5.74, 6) is 0.660. The third kappa shape index (κ3) is 3.27. The minimum absolute atomic E-state index is 0.612. The number of nitrogens with zero attached hydrogens (tertiary/aromatic N) is 1. The van der Waals surface area contributed by atoms with Crippen LogP contribution in [0, 0.1) is 5.92 Å². The molecule has 0 spiro atoms. The van der Waals surface area contributed by atoms with Crippen molar-refractivity contribution in [3.8, 4) is 0 Å². The third-order valence-electron chi connectivity index (χ3n) is 2.17. The number of nitrogens with two attached hydrogens (primary N) is 1. The van der Waals surface area contributed by atoms with E-state index in [-0.39, 0.29) is 0 Å². The Balaban J connectivity index is 2.47. The molecule has 0 radical (unpaired) electrons. The number of hydrogen-bond acceptors (Lipinski definition) is 2. The van der Waals surface area contributed by atoms with Crippen LogP contribution in [0.15, 0.2) is 17.3 Å². The predicted molar refractivity (Wildman–Crippen MR) is 52.3 cm³/mol. The number of hydrogen-bond donors (Lipinski definition) is 2. The Morgan fingerprint density at radius 3 is 3.08 bits per heavy atom. The molecule has 1 atom stereocenters. The maximum absolute atomic E-state index is 10.3. The first-order valence-electron chi connectivity index (χ1n) is 4.52. The number of amides is 2. The van der Waals surface area contributed by atoms with Crippen LogP contribution in [0.25, 0.3) is 0 Å². The zero-order valence-electron chi connectivity index (χ0n) is 7.79. The zero-order chi connectivity index (χ0) is 9.68. The maximum atomic E-state index is 10.3. The van der Waals surface area contributed by atoms with Gasteiger partial charge in [0.15, 0.2) is 0 Å². The van der Waals surface area contributed by atoms with E-state index in [1.54, 1.807) is 0 Å². The number of rotatable bonds is 2. The largest absolute Gasteiger partial charge is 0.350 e. The fourth-order valence-corrected chi connectivity index (χ4v) is 1.32. The van der Waals surface area contributed by atoms with Crippen molar-refractivity contribution in [2.24, 2.45) is 16.8 Å². The van der Waals surface area contributed by atoms with E-state index in [0.29, 0.717) is 5.92 Å². The van der Waals surface area contributed by atoms with E-state index in [0.717, 1.165) is 25.0 Å². The highest BCUT2D eigenvalue weighted by Gasteiger charge is 2.09. The molecular formula is C9H15N3O. The monoisotopic (exact) mass is 181 g/mol. The molecular weight excluding hydrogens is 166 g/mol. The summed E-state index contributed by atoms with van der Waals surface area (Å²) in [4.78, 5) is 10.3. The molecule has 0 aromatic rings. The number of urea groups is 1. The summed E-state index contributed by atoms with van der Waals surface area (Å²) in [6.45, 7) is 2.17. The van der Waals surface area contributed by atoms with E-state index in [4.69, 9.17) is 5.73 Å². The second-order valence-corrected chi connectivity index (χ2v) is 3.15. The molecule has 4 heteroatoms. The Morgan fingerprint density at radius 2 is 2.62 bits per heavy atom.